The molecule has 8 rings (SSSR count). The van der Waals surface area contributed by atoms with Gasteiger partial charge in [-0.15, -0.1) is 0 Å². The van der Waals surface area contributed by atoms with Crippen molar-refractivity contribution in [2.75, 3.05) is 0 Å². The molecule has 2 unspecified atom stereocenters. The van der Waals surface area contributed by atoms with Crippen LogP contribution in [0.15, 0.2) is 131 Å². The van der Waals surface area contributed by atoms with E-state index in [-0.39, 0.29) is 10.9 Å². The first-order valence-electron chi connectivity index (χ1n) is 23.7. The Labute approximate surface area is 261 Å². The molecule has 39 heavy (non-hydrogen) atoms. The fourth-order valence-electron chi connectivity index (χ4n) is 4.60. The number of benzene rings is 6. The van der Waals surface area contributed by atoms with E-state index in [1.54, 1.807) is 0 Å². The van der Waals surface area contributed by atoms with Crippen molar-refractivity contribution < 1.29 is 37.3 Å². The van der Waals surface area contributed by atoms with Gasteiger partial charge in [-0.25, -0.2) is 0 Å². The van der Waals surface area contributed by atoms with Crippen molar-refractivity contribution in [1.82, 2.24) is 0 Å². The van der Waals surface area contributed by atoms with Crippen LogP contribution in [0.5, 0.6) is 0 Å². The molecule has 0 aliphatic heterocycles. The Hall–Kier alpha value is -4.88. The van der Waals surface area contributed by atoms with Crippen molar-refractivity contribution in [2.45, 2.75) is 12.8 Å². The first-order valence-corrected chi connectivity index (χ1v) is 11.6. The Morgan fingerprint density at radius 2 is 1.08 bits per heavy atom. The summed E-state index contributed by atoms with van der Waals surface area (Å²) < 4.78 is 217. The predicted molar refractivity (Wildman–Crippen MR) is 165 cm³/mol. The summed E-state index contributed by atoms with van der Waals surface area (Å²) in [6.45, 7) is 0. The molecule has 6 aromatic carbocycles. The highest BCUT2D eigenvalue weighted by Gasteiger charge is 2.19. The fraction of sp³-hybridized carbons (Fsp3) is 0.0526. The molecule has 184 valence electrons. The molecule has 7 aromatic rings. The van der Waals surface area contributed by atoms with E-state index in [1.165, 1.54) is 0 Å². The average Bonchev–Trinajstić information content (AvgIpc) is 3.67. The lowest BCUT2D eigenvalue weighted by Crippen LogP contribution is -1.92. The third-order valence-electron chi connectivity index (χ3n) is 6.27. The molecular formula is C38H26O. The lowest BCUT2D eigenvalue weighted by Gasteiger charge is -2.18. The number of rotatable bonds is 3. The van der Waals surface area contributed by atoms with Crippen LogP contribution >= 0.6 is 0 Å². The van der Waals surface area contributed by atoms with Gasteiger partial charge in [-0.2, -0.15) is 0 Å². The quantitative estimate of drug-likeness (QED) is 0.210. The molecule has 1 aromatic heterocycles. The van der Waals surface area contributed by atoms with E-state index in [1.807, 2.05) is 0 Å². The first-order chi connectivity index (χ1) is 29.3. The third kappa shape index (κ3) is 3.55. The molecule has 0 saturated heterocycles. The van der Waals surface area contributed by atoms with Crippen molar-refractivity contribution in [3.05, 3.63) is 138 Å². The van der Waals surface area contributed by atoms with Crippen LogP contribution in [0.1, 0.15) is 50.6 Å². The van der Waals surface area contributed by atoms with Gasteiger partial charge in [0.2, 0.25) is 0 Å². The molecule has 1 aliphatic carbocycles. The van der Waals surface area contributed by atoms with Gasteiger partial charge in [-0.1, -0.05) is 115 Å². The van der Waals surface area contributed by atoms with Crippen LogP contribution in [0, 0.1) is 0 Å². The monoisotopic (exact) mass is 522 g/mol. The summed E-state index contributed by atoms with van der Waals surface area (Å²) in [6.07, 6.45) is -3.33. The Balaban J connectivity index is 1.67. The maximum atomic E-state index is 9.56. The van der Waals surface area contributed by atoms with Crippen molar-refractivity contribution in [1.29, 1.82) is 0 Å². The molecule has 0 radical (unpaired) electrons. The van der Waals surface area contributed by atoms with Crippen LogP contribution in [0.25, 0.3) is 71.9 Å². The summed E-state index contributed by atoms with van der Waals surface area (Å²) in [7, 11) is 0. The molecule has 1 heterocycles. The second-order valence-corrected chi connectivity index (χ2v) is 8.40. The molecule has 1 heteroatoms. The number of hydrogen-bond acceptors (Lipinski definition) is 1. The highest BCUT2D eigenvalue weighted by atomic mass is 16.3. The SMILES string of the molecule is [2H]C1=C([2H])C([2H])C([2H])c2c1oc1c([2H])c([2H])c(-c3c4c([2H])c([2H])c([2H])c([2H])c4c(-c4c([2H])c([2H])c(-c5c([2H])c([2H])c([2H])c([2H])c5[2H])c([2H])c4[2H])c4c([2H])c([2H])c([2H])c([2H])c34)c([2H])c21. The molecule has 0 spiro atoms. The first kappa shape index (κ1) is 8.83. The van der Waals surface area contributed by atoms with Gasteiger partial charge < -0.3 is 4.42 Å². The number of allylic oxidation sites excluding steroid dienone is 1. The minimum Gasteiger partial charge on any atom is -0.456 e. The summed E-state index contributed by atoms with van der Waals surface area (Å²) in [5.74, 6) is -0.429. The molecular weight excluding hydrogens is 472 g/mol. The molecule has 2 atom stereocenters. The lowest BCUT2D eigenvalue weighted by molar-refractivity contribution is 0.595. The van der Waals surface area contributed by atoms with Crippen molar-refractivity contribution >= 4 is 38.6 Å². The van der Waals surface area contributed by atoms with E-state index in [0.717, 1.165) is 0 Å². The molecule has 0 N–H and O–H groups in total. The zero-order valence-electron chi connectivity index (χ0n) is 43.6. The largest absolute Gasteiger partial charge is 0.456 e. The van der Waals surface area contributed by atoms with E-state index in [9.17, 15) is 11.0 Å². The van der Waals surface area contributed by atoms with Gasteiger partial charge in [-0.05, 0) is 85.9 Å². The third-order valence-corrected chi connectivity index (χ3v) is 6.27. The van der Waals surface area contributed by atoms with Crippen LogP contribution in [0.4, 0.5) is 0 Å². The summed E-state index contributed by atoms with van der Waals surface area (Å²) in [5, 5.41) is -3.05. The summed E-state index contributed by atoms with van der Waals surface area (Å²) >= 11 is 0. The standard InChI is InChI=1S/C38H26O/c1-2-10-25(11-3-1)26-18-20-27(21-19-26)37-30-13-4-6-15-32(30)38(33-16-7-5-14-31(33)37)28-22-23-36-34(24-28)29-12-8-9-17-35(29)39-36/h1-7,9-11,13-24H,8,12H2/i1D,2D,3D,4D,5D,6D,7D,8D,9D,10D,11D,12D,13D,14D,15D,16D,17D,18D,19D,20D,21D,22D,23D,24D. The van der Waals surface area contributed by atoms with E-state index in [4.69, 9.17) is 26.3 Å². The Morgan fingerprint density at radius 1 is 0.538 bits per heavy atom. The number of hydrogen-bond donors (Lipinski definition) is 0. The van der Waals surface area contributed by atoms with Gasteiger partial charge >= 0.3 is 0 Å². The van der Waals surface area contributed by atoms with Gasteiger partial charge in [-0.3, -0.25) is 0 Å². The van der Waals surface area contributed by atoms with E-state index in [2.05, 4.69) is 0 Å². The fourth-order valence-corrected chi connectivity index (χ4v) is 4.60. The minimum atomic E-state index is -1.67. The molecule has 0 bridgehead atoms. The molecule has 1 aliphatic rings. The van der Waals surface area contributed by atoms with Gasteiger partial charge in [0.25, 0.3) is 0 Å². The van der Waals surface area contributed by atoms with Crippen molar-refractivity contribution in [3.8, 4) is 33.4 Å². The highest BCUT2D eigenvalue weighted by Crippen LogP contribution is 2.45. The summed E-state index contributed by atoms with van der Waals surface area (Å²) in [4.78, 5) is 0. The Kier molecular flexibility index (Phi) is 2.00. The normalized spacial score (nSPS) is 25.7. The van der Waals surface area contributed by atoms with Gasteiger partial charge in [0.05, 0.1) is 30.2 Å². The Morgan fingerprint density at radius 3 is 1.74 bits per heavy atom. The lowest BCUT2D eigenvalue weighted by atomic mass is 9.85. The molecule has 0 fully saturated rings. The Bertz CT molecular complexity index is 3210. The molecule has 0 saturated carbocycles. The van der Waals surface area contributed by atoms with Crippen LogP contribution in [0.2, 0.25) is 0 Å². The second kappa shape index (κ2) is 8.85. The van der Waals surface area contributed by atoms with Gasteiger partial charge in [0.15, 0.2) is 0 Å². The number of furan rings is 1. The van der Waals surface area contributed by atoms with Crippen LogP contribution < -0.4 is 0 Å². The molecule has 0 amide bonds. The van der Waals surface area contributed by atoms with E-state index < -0.39 is 212 Å². The second-order valence-electron chi connectivity index (χ2n) is 8.40. The van der Waals surface area contributed by atoms with E-state index >= 15 is 0 Å². The smallest absolute Gasteiger partial charge is 0.135 e. The van der Waals surface area contributed by atoms with Gasteiger partial charge in [0.1, 0.15) is 11.3 Å². The van der Waals surface area contributed by atoms with Crippen LogP contribution in [-0.2, 0) is 6.40 Å². The van der Waals surface area contributed by atoms with E-state index in [0.29, 0.717) is 0 Å². The van der Waals surface area contributed by atoms with Crippen molar-refractivity contribution in [2.24, 2.45) is 0 Å². The zero-order chi connectivity index (χ0) is 46.6. The average molecular weight is 523 g/mol. The van der Waals surface area contributed by atoms with Crippen LogP contribution in [-0.4, -0.2) is 0 Å². The maximum absolute atomic E-state index is 9.56. The van der Waals surface area contributed by atoms with Crippen molar-refractivity contribution in [3.63, 3.8) is 0 Å². The summed E-state index contributed by atoms with van der Waals surface area (Å²) in [5.41, 5.74) is -5.01. The summed E-state index contributed by atoms with van der Waals surface area (Å²) in [6, 6.07) is -19.4. The number of aryl methyl sites for hydroxylation is 1. The van der Waals surface area contributed by atoms with Crippen LogP contribution in [0.3, 0.4) is 0 Å². The van der Waals surface area contributed by atoms with Gasteiger partial charge in [0, 0.05) is 13.7 Å². The zero-order valence-corrected chi connectivity index (χ0v) is 19.6. The highest BCUT2D eigenvalue weighted by molar-refractivity contribution is 6.21. The molecule has 1 nitrogen and oxygen atoms in total. The number of fused-ring (bicyclic) bond motifs is 5. The topological polar surface area (TPSA) is 13.1 Å². The maximum Gasteiger partial charge on any atom is 0.135 e. The predicted octanol–water partition coefficient (Wildman–Crippen LogP) is 10.7. The minimum absolute atomic E-state index is 0.275.